The maximum absolute atomic E-state index is 9.55. The lowest BCUT2D eigenvalue weighted by Crippen LogP contribution is -2.44. The molecule has 158 valence electrons. The topological polar surface area (TPSA) is 107 Å². The van der Waals surface area contributed by atoms with Crippen molar-refractivity contribution in [2.75, 3.05) is 31.6 Å². The number of fused-ring (bicyclic) bond motifs is 1. The first-order valence-electron chi connectivity index (χ1n) is 9.79. The number of benzene rings is 1. The Balaban J connectivity index is 0.000000275. The van der Waals surface area contributed by atoms with Gasteiger partial charge < -0.3 is 15.1 Å². The van der Waals surface area contributed by atoms with Crippen LogP contribution in [0.25, 0.3) is 11.3 Å². The van der Waals surface area contributed by atoms with E-state index in [9.17, 15) is 9.59 Å². The number of carbonyl (C=O) groups is 2. The molecule has 1 aromatic carbocycles. The van der Waals surface area contributed by atoms with Crippen LogP contribution in [0, 0.1) is 5.92 Å². The van der Waals surface area contributed by atoms with E-state index >= 15 is 0 Å². The molecule has 0 aliphatic carbocycles. The van der Waals surface area contributed by atoms with Gasteiger partial charge in [0.25, 0.3) is 0 Å². The zero-order chi connectivity index (χ0) is 21.7. The molecule has 2 atom stereocenters. The molecular weight excluding hydrogens is 384 g/mol. The van der Waals surface area contributed by atoms with Gasteiger partial charge in [0.05, 0.1) is 5.69 Å². The molecule has 2 unspecified atom stereocenters. The van der Waals surface area contributed by atoms with E-state index in [4.69, 9.17) is 10.2 Å². The third-order valence-electron chi connectivity index (χ3n) is 5.93. The molecule has 0 amide bonds. The van der Waals surface area contributed by atoms with Gasteiger partial charge in [0.2, 0.25) is 0 Å². The monoisotopic (exact) mass is 410 g/mol. The smallest absolute Gasteiger partial charge is 0.328 e. The largest absolute Gasteiger partial charge is 0.478 e. The summed E-state index contributed by atoms with van der Waals surface area (Å²) in [5, 5.41) is 24.5. The summed E-state index contributed by atoms with van der Waals surface area (Å²) >= 11 is 0. The predicted octanol–water partition coefficient (Wildman–Crippen LogP) is 2.39. The average Bonchev–Trinajstić information content (AvgIpc) is 3.22. The second-order valence-corrected chi connectivity index (χ2v) is 7.80. The molecule has 8 heteroatoms. The third kappa shape index (κ3) is 4.83. The van der Waals surface area contributed by atoms with Gasteiger partial charge in [-0.1, -0.05) is 30.3 Å². The zero-order valence-corrected chi connectivity index (χ0v) is 17.1. The number of nitrogens with zero attached hydrogens (tertiary/aromatic N) is 4. The fraction of sp³-hybridized carbons (Fsp3) is 0.364. The molecule has 0 bridgehead atoms. The van der Waals surface area contributed by atoms with E-state index in [2.05, 4.69) is 58.2 Å². The number of hydrogen-bond acceptors (Lipinski definition) is 6. The second kappa shape index (κ2) is 9.04. The van der Waals surface area contributed by atoms with Crippen molar-refractivity contribution in [3.63, 3.8) is 0 Å². The molecular formula is C22H26N4O4. The molecule has 0 radical (unpaired) electrons. The van der Waals surface area contributed by atoms with Crippen LogP contribution in [0.5, 0.6) is 0 Å². The number of likely N-dealkylation sites (tertiary alicyclic amines) is 1. The molecule has 0 spiro atoms. The first-order valence-corrected chi connectivity index (χ1v) is 9.79. The standard InChI is InChI=1S/C18H22N4.C4H4O4/c1-18-13-22(12-15(18)10-11-21(18)2)17-9-8-16(19-20-17)14-6-4-3-5-7-14;5-3(6)1-2-4(7)8/h3-9,15H,10-13H2,1-2H3;1-2H,(H,5,6)(H,7,8)/b;2-1+. The Morgan fingerprint density at radius 3 is 2.27 bits per heavy atom. The van der Waals surface area contributed by atoms with Crippen molar-refractivity contribution in [3.05, 3.63) is 54.6 Å². The van der Waals surface area contributed by atoms with Crippen LogP contribution < -0.4 is 4.90 Å². The highest BCUT2D eigenvalue weighted by Gasteiger charge is 2.49. The fourth-order valence-electron chi connectivity index (χ4n) is 4.06. The lowest BCUT2D eigenvalue weighted by molar-refractivity contribution is -0.134. The van der Waals surface area contributed by atoms with Gasteiger partial charge in [0.15, 0.2) is 5.82 Å². The summed E-state index contributed by atoms with van der Waals surface area (Å²) in [6.45, 7) is 5.75. The van der Waals surface area contributed by atoms with E-state index in [0.717, 1.165) is 36.1 Å². The summed E-state index contributed by atoms with van der Waals surface area (Å²) in [7, 11) is 2.24. The van der Waals surface area contributed by atoms with Gasteiger partial charge in [-0.15, -0.1) is 10.2 Å². The summed E-state index contributed by atoms with van der Waals surface area (Å²) in [5.41, 5.74) is 2.35. The molecule has 8 nitrogen and oxygen atoms in total. The highest BCUT2D eigenvalue weighted by atomic mass is 16.4. The average molecular weight is 410 g/mol. The summed E-state index contributed by atoms with van der Waals surface area (Å²) in [5.74, 6) is -0.767. The van der Waals surface area contributed by atoms with Crippen LogP contribution in [0.15, 0.2) is 54.6 Å². The minimum atomic E-state index is -1.26. The Bertz CT molecular complexity index is 900. The van der Waals surface area contributed by atoms with Gasteiger partial charge in [0, 0.05) is 36.3 Å². The summed E-state index contributed by atoms with van der Waals surface area (Å²) < 4.78 is 0. The Hall–Kier alpha value is -3.26. The molecule has 30 heavy (non-hydrogen) atoms. The Labute approximate surface area is 175 Å². The third-order valence-corrected chi connectivity index (χ3v) is 5.93. The lowest BCUT2D eigenvalue weighted by Gasteiger charge is -2.32. The molecule has 2 fully saturated rings. The van der Waals surface area contributed by atoms with Gasteiger partial charge in [0.1, 0.15) is 0 Å². The van der Waals surface area contributed by atoms with E-state index in [1.54, 1.807) is 0 Å². The first kappa shape index (κ1) is 21.4. The molecule has 4 rings (SSSR count). The summed E-state index contributed by atoms with van der Waals surface area (Å²) in [6, 6.07) is 14.4. The van der Waals surface area contributed by atoms with E-state index in [1.165, 1.54) is 13.0 Å². The number of likely N-dealkylation sites (N-methyl/N-ethyl adjacent to an activating group) is 1. The zero-order valence-electron chi connectivity index (χ0n) is 17.1. The number of hydrogen-bond donors (Lipinski definition) is 2. The van der Waals surface area contributed by atoms with Crippen molar-refractivity contribution in [1.29, 1.82) is 0 Å². The van der Waals surface area contributed by atoms with Crippen molar-refractivity contribution in [2.24, 2.45) is 5.92 Å². The van der Waals surface area contributed by atoms with Crippen LogP contribution in [-0.4, -0.2) is 69.5 Å². The van der Waals surface area contributed by atoms with Crippen molar-refractivity contribution in [3.8, 4) is 11.3 Å². The number of aromatic nitrogens is 2. The lowest BCUT2D eigenvalue weighted by atomic mass is 9.91. The van der Waals surface area contributed by atoms with Gasteiger partial charge in [-0.05, 0) is 45.0 Å². The highest BCUT2D eigenvalue weighted by molar-refractivity contribution is 5.89. The van der Waals surface area contributed by atoms with Gasteiger partial charge in [-0.2, -0.15) is 0 Å². The van der Waals surface area contributed by atoms with Crippen molar-refractivity contribution < 1.29 is 19.8 Å². The number of anilines is 1. The van der Waals surface area contributed by atoms with Crippen LogP contribution in [0.1, 0.15) is 13.3 Å². The van der Waals surface area contributed by atoms with Gasteiger partial charge in [-0.25, -0.2) is 9.59 Å². The maximum Gasteiger partial charge on any atom is 0.328 e. The predicted molar refractivity (Wildman–Crippen MR) is 113 cm³/mol. The fourth-order valence-corrected chi connectivity index (χ4v) is 4.06. The van der Waals surface area contributed by atoms with Crippen LogP contribution in [0.4, 0.5) is 5.82 Å². The van der Waals surface area contributed by atoms with E-state index in [0.29, 0.717) is 17.7 Å². The molecule has 2 aliphatic rings. The second-order valence-electron chi connectivity index (χ2n) is 7.80. The van der Waals surface area contributed by atoms with Gasteiger partial charge >= 0.3 is 11.9 Å². The SMILES string of the molecule is CN1CCC2CN(c3ccc(-c4ccccc4)nn3)CC21C.O=C(O)/C=C/C(=O)O. The molecule has 2 aliphatic heterocycles. The van der Waals surface area contributed by atoms with Gasteiger partial charge in [-0.3, -0.25) is 4.90 Å². The van der Waals surface area contributed by atoms with Crippen molar-refractivity contribution in [2.45, 2.75) is 18.9 Å². The molecule has 2 aromatic rings. The van der Waals surface area contributed by atoms with Crippen molar-refractivity contribution >= 4 is 17.8 Å². The Morgan fingerprint density at radius 1 is 1.07 bits per heavy atom. The van der Waals surface area contributed by atoms with Crippen LogP contribution in [-0.2, 0) is 9.59 Å². The molecule has 3 heterocycles. The number of rotatable bonds is 4. The normalized spacial score (nSPS) is 23.1. The van der Waals surface area contributed by atoms with Crippen LogP contribution in [0.3, 0.4) is 0 Å². The maximum atomic E-state index is 9.55. The Morgan fingerprint density at radius 2 is 1.73 bits per heavy atom. The quantitative estimate of drug-likeness (QED) is 0.740. The Kier molecular flexibility index (Phi) is 6.47. The highest BCUT2D eigenvalue weighted by Crippen LogP contribution is 2.41. The minimum absolute atomic E-state index is 0.291. The van der Waals surface area contributed by atoms with Crippen LogP contribution >= 0.6 is 0 Å². The number of carboxylic acids is 2. The minimum Gasteiger partial charge on any atom is -0.478 e. The molecule has 0 saturated carbocycles. The molecule has 2 N–H and O–H groups in total. The van der Waals surface area contributed by atoms with E-state index < -0.39 is 11.9 Å². The molecule has 2 saturated heterocycles. The van der Waals surface area contributed by atoms with Crippen LogP contribution in [0.2, 0.25) is 0 Å². The van der Waals surface area contributed by atoms with E-state index in [-0.39, 0.29) is 0 Å². The summed E-state index contributed by atoms with van der Waals surface area (Å²) in [4.78, 5) is 24.0. The number of carboxylic acid groups (broad SMARTS) is 2. The molecule has 1 aromatic heterocycles. The van der Waals surface area contributed by atoms with E-state index in [1.807, 2.05) is 18.2 Å². The first-order chi connectivity index (χ1) is 14.3. The van der Waals surface area contributed by atoms with Crippen molar-refractivity contribution in [1.82, 2.24) is 15.1 Å². The number of aliphatic carboxylic acids is 2. The summed E-state index contributed by atoms with van der Waals surface area (Å²) in [6.07, 6.45) is 2.41.